The Hall–Kier alpha value is -3.39. The molecule has 0 spiro atoms. The average molecular weight is 440 g/mol. The first-order valence-corrected chi connectivity index (χ1v) is 11.4. The minimum Gasteiger partial charge on any atom is -0.476 e. The van der Waals surface area contributed by atoms with Crippen molar-refractivity contribution in [3.8, 4) is 5.75 Å². The summed E-state index contributed by atoms with van der Waals surface area (Å²) in [4.78, 5) is 12.7. The molecule has 3 aromatic rings. The van der Waals surface area contributed by atoms with Gasteiger partial charge in [-0.25, -0.2) is 12.8 Å². The van der Waals surface area contributed by atoms with Crippen molar-refractivity contribution in [2.45, 2.75) is 18.4 Å². The number of nitrogens with one attached hydrogen (secondary N) is 1. The van der Waals surface area contributed by atoms with Gasteiger partial charge in [0.1, 0.15) is 11.6 Å². The lowest BCUT2D eigenvalue weighted by molar-refractivity contribution is -0.127. The summed E-state index contributed by atoms with van der Waals surface area (Å²) >= 11 is 0. The summed E-state index contributed by atoms with van der Waals surface area (Å²) in [5.74, 6) is -0.667. The van der Waals surface area contributed by atoms with Crippen LogP contribution in [0.5, 0.6) is 5.75 Å². The fourth-order valence-corrected chi connectivity index (χ4v) is 4.95. The molecule has 6 nitrogen and oxygen atoms in total. The van der Waals surface area contributed by atoms with E-state index in [1.165, 1.54) is 16.4 Å². The molecule has 1 aliphatic heterocycles. The predicted molar refractivity (Wildman–Crippen MR) is 116 cm³/mol. The normalized spacial score (nSPS) is 15.6. The number of carbonyl (C=O) groups is 1. The third kappa shape index (κ3) is 4.86. The van der Waals surface area contributed by atoms with Crippen LogP contribution >= 0.6 is 0 Å². The zero-order chi connectivity index (χ0) is 21.8. The van der Waals surface area contributed by atoms with Crippen LogP contribution in [-0.4, -0.2) is 27.0 Å². The molecule has 160 valence electrons. The largest absolute Gasteiger partial charge is 0.476 e. The highest BCUT2D eigenvalue weighted by atomic mass is 32.2. The van der Waals surface area contributed by atoms with Crippen LogP contribution < -0.4 is 14.4 Å². The second-order valence-electron chi connectivity index (χ2n) is 7.19. The summed E-state index contributed by atoms with van der Waals surface area (Å²) in [6.45, 7) is 0.0405. The second-order valence-corrected chi connectivity index (χ2v) is 9.08. The Morgan fingerprint density at radius 1 is 0.968 bits per heavy atom. The van der Waals surface area contributed by atoms with Crippen LogP contribution in [0.15, 0.2) is 78.9 Å². The lowest BCUT2D eigenvalue weighted by Crippen LogP contribution is -2.50. The molecule has 0 saturated carbocycles. The number of amides is 1. The van der Waals surface area contributed by atoms with Gasteiger partial charge in [0.2, 0.25) is 10.0 Å². The van der Waals surface area contributed by atoms with Crippen LogP contribution in [-0.2, 0) is 27.1 Å². The van der Waals surface area contributed by atoms with Gasteiger partial charge in [0.05, 0.1) is 18.0 Å². The first-order chi connectivity index (χ1) is 14.9. The maximum absolute atomic E-state index is 13.2. The van der Waals surface area contributed by atoms with E-state index in [0.29, 0.717) is 17.0 Å². The topological polar surface area (TPSA) is 75.7 Å². The number of fused-ring (bicyclic) bond motifs is 1. The number of hydrogen-bond donors (Lipinski definition) is 1. The van der Waals surface area contributed by atoms with E-state index in [1.54, 1.807) is 60.7 Å². The zero-order valence-electron chi connectivity index (χ0n) is 16.6. The second kappa shape index (κ2) is 8.77. The number of anilines is 1. The van der Waals surface area contributed by atoms with Gasteiger partial charge in [-0.3, -0.25) is 9.10 Å². The predicted octanol–water partition coefficient (Wildman–Crippen LogP) is 3.24. The summed E-state index contributed by atoms with van der Waals surface area (Å²) in [5, 5.41) is 2.73. The third-order valence-corrected chi connectivity index (χ3v) is 6.65. The monoisotopic (exact) mass is 440 g/mol. The number of nitrogens with zero attached hydrogens (tertiary/aromatic N) is 1. The molecular weight excluding hydrogens is 419 g/mol. The van der Waals surface area contributed by atoms with E-state index in [-0.39, 0.29) is 24.7 Å². The maximum atomic E-state index is 13.2. The first kappa shape index (κ1) is 20.9. The number of rotatable bonds is 6. The molecule has 0 unspecified atom stereocenters. The van der Waals surface area contributed by atoms with Crippen molar-refractivity contribution in [3.05, 3.63) is 95.8 Å². The van der Waals surface area contributed by atoms with Gasteiger partial charge in [0.25, 0.3) is 5.91 Å². The molecule has 0 bridgehead atoms. The maximum Gasteiger partial charge on any atom is 0.263 e. The Labute approximate surface area is 180 Å². The van der Waals surface area contributed by atoms with E-state index in [2.05, 4.69) is 5.32 Å². The summed E-state index contributed by atoms with van der Waals surface area (Å²) in [5.41, 5.74) is 1.78. The number of para-hydroxylation sites is 2. The van der Waals surface area contributed by atoms with E-state index in [4.69, 9.17) is 4.74 Å². The van der Waals surface area contributed by atoms with Crippen molar-refractivity contribution in [1.29, 1.82) is 0 Å². The number of ether oxygens (including phenoxy) is 1. The fourth-order valence-electron chi connectivity index (χ4n) is 3.37. The van der Waals surface area contributed by atoms with Crippen LogP contribution in [0.4, 0.5) is 10.1 Å². The van der Waals surface area contributed by atoms with E-state index in [9.17, 15) is 17.6 Å². The molecule has 1 N–H and O–H groups in total. The van der Waals surface area contributed by atoms with Crippen LogP contribution in [0.1, 0.15) is 11.1 Å². The van der Waals surface area contributed by atoms with Crippen LogP contribution in [0.3, 0.4) is 0 Å². The van der Waals surface area contributed by atoms with Gasteiger partial charge in [-0.1, -0.05) is 54.6 Å². The molecule has 4 rings (SSSR count). The molecule has 1 aliphatic rings. The molecule has 1 heterocycles. The Morgan fingerprint density at radius 2 is 1.65 bits per heavy atom. The summed E-state index contributed by atoms with van der Waals surface area (Å²) in [7, 11) is -3.76. The van der Waals surface area contributed by atoms with Crippen LogP contribution in [0.2, 0.25) is 0 Å². The quantitative estimate of drug-likeness (QED) is 0.639. The van der Waals surface area contributed by atoms with Gasteiger partial charge in [0.15, 0.2) is 6.10 Å². The minimum absolute atomic E-state index is 0.137. The molecule has 8 heteroatoms. The van der Waals surface area contributed by atoms with Gasteiger partial charge in [-0.2, -0.15) is 0 Å². The highest BCUT2D eigenvalue weighted by Gasteiger charge is 2.36. The standard InChI is InChI=1S/C23H21FN2O4S/c24-19-12-10-17(11-13-19)14-25-23(27)22-15-26(20-8-4-5-9-21(20)30-22)31(28,29)16-18-6-2-1-3-7-18/h1-13,22H,14-16H2,(H,25,27)/t22-/m0/s1. The SMILES string of the molecule is O=C(NCc1ccc(F)cc1)[C@@H]1CN(S(=O)(=O)Cc2ccccc2)c2ccccc2O1. The smallest absolute Gasteiger partial charge is 0.263 e. The van der Waals surface area contributed by atoms with Crippen LogP contribution in [0, 0.1) is 5.82 Å². The average Bonchev–Trinajstić information content (AvgIpc) is 2.78. The van der Waals surface area contributed by atoms with E-state index in [0.717, 1.165) is 5.56 Å². The third-order valence-electron chi connectivity index (χ3n) is 4.93. The lowest BCUT2D eigenvalue weighted by atomic mass is 10.2. The summed E-state index contributed by atoms with van der Waals surface area (Å²) in [6, 6.07) is 21.4. The molecule has 1 amide bonds. The van der Waals surface area contributed by atoms with Crippen molar-refractivity contribution >= 4 is 21.6 Å². The van der Waals surface area contributed by atoms with Gasteiger partial charge >= 0.3 is 0 Å². The highest BCUT2D eigenvalue weighted by Crippen LogP contribution is 2.35. The molecule has 1 atom stereocenters. The van der Waals surface area contributed by atoms with E-state index >= 15 is 0 Å². The molecule has 31 heavy (non-hydrogen) atoms. The minimum atomic E-state index is -3.76. The fraction of sp³-hybridized carbons (Fsp3) is 0.174. The molecule has 0 aliphatic carbocycles. The molecular formula is C23H21FN2O4S. The van der Waals surface area contributed by atoms with Crippen molar-refractivity contribution in [1.82, 2.24) is 5.32 Å². The summed E-state index contributed by atoms with van der Waals surface area (Å²) < 4.78 is 46.5. The van der Waals surface area contributed by atoms with E-state index < -0.39 is 22.0 Å². The molecule has 0 radical (unpaired) electrons. The first-order valence-electron chi connectivity index (χ1n) is 9.74. The molecule has 0 saturated heterocycles. The van der Waals surface area contributed by atoms with Crippen molar-refractivity contribution < 1.29 is 22.3 Å². The van der Waals surface area contributed by atoms with Crippen LogP contribution in [0.25, 0.3) is 0 Å². The lowest BCUT2D eigenvalue weighted by Gasteiger charge is -2.34. The van der Waals surface area contributed by atoms with Crippen molar-refractivity contribution in [3.63, 3.8) is 0 Å². The Kier molecular flexibility index (Phi) is 5.90. The van der Waals surface area contributed by atoms with Gasteiger partial charge in [-0.15, -0.1) is 0 Å². The van der Waals surface area contributed by atoms with E-state index in [1.807, 2.05) is 6.07 Å². The van der Waals surface area contributed by atoms with Gasteiger partial charge in [-0.05, 0) is 35.4 Å². The number of hydrogen-bond acceptors (Lipinski definition) is 4. The summed E-state index contributed by atoms with van der Waals surface area (Å²) in [6.07, 6.45) is -1.01. The zero-order valence-corrected chi connectivity index (χ0v) is 17.4. The van der Waals surface area contributed by atoms with Gasteiger partial charge in [0, 0.05) is 6.54 Å². The van der Waals surface area contributed by atoms with Gasteiger partial charge < -0.3 is 10.1 Å². The van der Waals surface area contributed by atoms with Crippen molar-refractivity contribution in [2.24, 2.45) is 0 Å². The highest BCUT2D eigenvalue weighted by molar-refractivity contribution is 7.92. The Bertz CT molecular complexity index is 1170. The Balaban J connectivity index is 1.53. The number of benzene rings is 3. The molecule has 3 aromatic carbocycles. The Morgan fingerprint density at radius 3 is 2.39 bits per heavy atom. The van der Waals surface area contributed by atoms with Crippen molar-refractivity contribution in [2.75, 3.05) is 10.8 Å². The number of halogens is 1. The molecule has 0 fully saturated rings. The number of sulfonamides is 1. The number of carbonyl (C=O) groups excluding carboxylic acids is 1. The molecule has 0 aromatic heterocycles.